The number of esters is 1. The second kappa shape index (κ2) is 12.0. The lowest BCUT2D eigenvalue weighted by molar-refractivity contribution is -0.149. The van der Waals surface area contributed by atoms with Gasteiger partial charge in [-0.25, -0.2) is 24.5 Å². The van der Waals surface area contributed by atoms with Gasteiger partial charge in [-0.1, -0.05) is 6.92 Å². The molecule has 0 fully saturated rings. The summed E-state index contributed by atoms with van der Waals surface area (Å²) in [7, 11) is 1.35. The molecule has 2 unspecified atom stereocenters. The Morgan fingerprint density at radius 2 is 1.58 bits per heavy atom. The quantitative estimate of drug-likeness (QED) is 0.320. The van der Waals surface area contributed by atoms with E-state index < -0.39 is 34.8 Å². The fraction of sp³-hybridized carbons (Fsp3) is 0.607. The van der Waals surface area contributed by atoms with Crippen LogP contribution in [0.1, 0.15) is 79.5 Å². The number of rotatable bonds is 8. The molecule has 210 valence electrons. The molecule has 38 heavy (non-hydrogen) atoms. The van der Waals surface area contributed by atoms with Gasteiger partial charge < -0.3 is 14.2 Å². The lowest BCUT2D eigenvalue weighted by Crippen LogP contribution is -2.44. The van der Waals surface area contributed by atoms with Crippen LogP contribution in [0, 0.1) is 12.8 Å². The molecule has 2 heterocycles. The minimum Gasteiger partial charge on any atom is -0.468 e. The smallest absolute Gasteiger partial charge is 0.419 e. The fourth-order valence-electron chi connectivity index (χ4n) is 3.88. The van der Waals surface area contributed by atoms with Gasteiger partial charge in [-0.05, 0) is 91.8 Å². The Morgan fingerprint density at radius 3 is 2.08 bits per heavy atom. The van der Waals surface area contributed by atoms with E-state index in [1.807, 2.05) is 26.0 Å². The Kier molecular flexibility index (Phi) is 9.69. The van der Waals surface area contributed by atoms with Crippen molar-refractivity contribution in [2.75, 3.05) is 13.7 Å². The van der Waals surface area contributed by atoms with Crippen molar-refractivity contribution < 1.29 is 28.6 Å². The van der Waals surface area contributed by atoms with Crippen LogP contribution in [-0.4, -0.2) is 62.4 Å². The molecule has 2 atom stereocenters. The van der Waals surface area contributed by atoms with Crippen LogP contribution in [0.15, 0.2) is 30.9 Å². The number of hydrogen-bond acceptors (Lipinski definition) is 8. The van der Waals surface area contributed by atoms with Gasteiger partial charge >= 0.3 is 18.2 Å². The average Bonchev–Trinajstić information content (AvgIpc) is 3.29. The zero-order valence-corrected chi connectivity index (χ0v) is 24.3. The molecule has 10 nitrogen and oxygen atoms in total. The van der Waals surface area contributed by atoms with Crippen molar-refractivity contribution >= 4 is 18.2 Å². The van der Waals surface area contributed by atoms with Crippen LogP contribution in [0.4, 0.5) is 9.59 Å². The van der Waals surface area contributed by atoms with Gasteiger partial charge in [-0.2, -0.15) is 0 Å². The molecule has 0 aromatic carbocycles. The minimum atomic E-state index is -1.08. The standard InChI is InChI=1S/C28H42N4O6/c1-19-13-14-29-22(16-19)31-17-21(30-18-31)28(9,23(33)36-10)20(2)12-11-15-32(24(34)37-26(3,4)5)25(35)38-27(6,7)8/h13-14,16-18,20H,11-12,15H2,1-10H3. The van der Waals surface area contributed by atoms with Crippen molar-refractivity contribution in [3.63, 3.8) is 0 Å². The predicted octanol–water partition coefficient (Wildman–Crippen LogP) is 5.59. The lowest BCUT2D eigenvalue weighted by atomic mass is 9.73. The lowest BCUT2D eigenvalue weighted by Gasteiger charge is -2.32. The number of carbonyl (C=O) groups is 3. The minimum absolute atomic E-state index is 0.0626. The summed E-state index contributed by atoms with van der Waals surface area (Å²) in [5, 5.41) is 0. The number of carbonyl (C=O) groups excluding carboxylic acids is 3. The Bertz CT molecular complexity index is 1100. The molecule has 2 aromatic heterocycles. The first-order valence-corrected chi connectivity index (χ1v) is 12.8. The molecular formula is C28H42N4O6. The molecule has 0 aliphatic rings. The number of methoxy groups -OCH3 is 1. The predicted molar refractivity (Wildman–Crippen MR) is 143 cm³/mol. The van der Waals surface area contributed by atoms with Crippen molar-refractivity contribution in [2.45, 2.75) is 91.8 Å². The first-order valence-electron chi connectivity index (χ1n) is 12.8. The highest BCUT2D eigenvalue weighted by atomic mass is 16.6. The Hall–Kier alpha value is -3.43. The number of amides is 2. The van der Waals surface area contributed by atoms with Crippen LogP contribution < -0.4 is 0 Å². The van der Waals surface area contributed by atoms with Crippen molar-refractivity contribution in [1.82, 2.24) is 19.4 Å². The summed E-state index contributed by atoms with van der Waals surface area (Å²) in [6.07, 6.45) is 4.46. The maximum atomic E-state index is 13.1. The SMILES string of the molecule is COC(=O)C(C)(c1cn(-c2cc(C)ccn2)cn1)C(C)CCCN(C(=O)OC(C)(C)C)C(=O)OC(C)(C)C. The first-order chi connectivity index (χ1) is 17.5. The third kappa shape index (κ3) is 8.03. The van der Waals surface area contributed by atoms with Crippen molar-refractivity contribution in [3.05, 3.63) is 42.1 Å². The third-order valence-electron chi connectivity index (χ3n) is 6.12. The van der Waals surface area contributed by atoms with E-state index in [2.05, 4.69) is 9.97 Å². The van der Waals surface area contributed by atoms with Gasteiger partial charge in [-0.3, -0.25) is 9.36 Å². The number of aromatic nitrogens is 3. The summed E-state index contributed by atoms with van der Waals surface area (Å²) in [5.74, 6) is 0.0143. The molecule has 0 bridgehead atoms. The van der Waals surface area contributed by atoms with E-state index in [-0.39, 0.29) is 12.5 Å². The molecule has 0 spiro atoms. The van der Waals surface area contributed by atoms with Crippen LogP contribution in [0.3, 0.4) is 0 Å². The maximum absolute atomic E-state index is 13.1. The zero-order chi connectivity index (χ0) is 28.9. The molecule has 0 saturated carbocycles. The van der Waals surface area contributed by atoms with Gasteiger partial charge in [0.25, 0.3) is 0 Å². The van der Waals surface area contributed by atoms with E-state index in [1.165, 1.54) is 7.11 Å². The Labute approximate surface area is 225 Å². The summed E-state index contributed by atoms with van der Waals surface area (Å²) < 4.78 is 17.8. The van der Waals surface area contributed by atoms with Crippen molar-refractivity contribution in [3.8, 4) is 5.82 Å². The molecule has 2 aromatic rings. The number of hydrogen-bond donors (Lipinski definition) is 0. The number of ether oxygens (including phenoxy) is 3. The summed E-state index contributed by atoms with van der Waals surface area (Å²) in [6.45, 7) is 16.1. The van der Waals surface area contributed by atoms with Gasteiger partial charge in [0.05, 0.1) is 12.8 Å². The van der Waals surface area contributed by atoms with Gasteiger partial charge in [-0.15, -0.1) is 0 Å². The first kappa shape index (κ1) is 30.8. The third-order valence-corrected chi connectivity index (χ3v) is 6.12. The maximum Gasteiger partial charge on any atom is 0.419 e. The highest BCUT2D eigenvalue weighted by Gasteiger charge is 2.44. The van der Waals surface area contributed by atoms with E-state index >= 15 is 0 Å². The molecular weight excluding hydrogens is 488 g/mol. The molecule has 0 aliphatic heterocycles. The van der Waals surface area contributed by atoms with Gasteiger partial charge in [0.2, 0.25) is 0 Å². The summed E-state index contributed by atoms with van der Waals surface area (Å²) in [6, 6.07) is 3.83. The molecule has 0 aliphatic carbocycles. The number of aryl methyl sites for hydroxylation is 1. The van der Waals surface area contributed by atoms with E-state index in [0.717, 1.165) is 10.5 Å². The second-order valence-electron chi connectivity index (χ2n) is 11.7. The molecule has 2 rings (SSSR count). The number of imidazole rings is 1. The highest BCUT2D eigenvalue weighted by molar-refractivity contribution is 5.88. The van der Waals surface area contributed by atoms with E-state index in [1.54, 1.807) is 71.8 Å². The van der Waals surface area contributed by atoms with Crippen LogP contribution in [-0.2, 0) is 24.4 Å². The van der Waals surface area contributed by atoms with Gasteiger partial charge in [0.1, 0.15) is 28.8 Å². The van der Waals surface area contributed by atoms with E-state index in [0.29, 0.717) is 24.4 Å². The normalized spacial score (nSPS) is 14.3. The van der Waals surface area contributed by atoms with Gasteiger partial charge in [0.15, 0.2) is 0 Å². The topological polar surface area (TPSA) is 113 Å². The van der Waals surface area contributed by atoms with Crippen LogP contribution in [0.5, 0.6) is 0 Å². The van der Waals surface area contributed by atoms with Crippen LogP contribution >= 0.6 is 0 Å². The Balaban J connectivity index is 2.24. The van der Waals surface area contributed by atoms with Crippen LogP contribution in [0.2, 0.25) is 0 Å². The average molecular weight is 531 g/mol. The number of pyridine rings is 1. The monoisotopic (exact) mass is 530 g/mol. The molecule has 10 heteroatoms. The molecule has 0 N–H and O–H groups in total. The summed E-state index contributed by atoms with van der Waals surface area (Å²) >= 11 is 0. The summed E-state index contributed by atoms with van der Waals surface area (Å²) in [5.41, 5.74) is -1.05. The van der Waals surface area contributed by atoms with Crippen molar-refractivity contribution in [2.24, 2.45) is 5.92 Å². The number of nitrogens with zero attached hydrogens (tertiary/aromatic N) is 4. The fourth-order valence-corrected chi connectivity index (χ4v) is 3.88. The van der Waals surface area contributed by atoms with E-state index in [9.17, 15) is 14.4 Å². The highest BCUT2D eigenvalue weighted by Crippen LogP contribution is 2.36. The van der Waals surface area contributed by atoms with Crippen molar-refractivity contribution in [1.29, 1.82) is 0 Å². The summed E-state index contributed by atoms with van der Waals surface area (Å²) in [4.78, 5) is 48.5. The molecule has 0 saturated heterocycles. The Morgan fingerprint density at radius 1 is 1.00 bits per heavy atom. The molecule has 0 radical (unpaired) electrons. The zero-order valence-electron chi connectivity index (χ0n) is 24.3. The second-order valence-corrected chi connectivity index (χ2v) is 11.7. The largest absolute Gasteiger partial charge is 0.468 e. The van der Waals surface area contributed by atoms with Gasteiger partial charge in [0, 0.05) is 18.9 Å². The number of imide groups is 1. The van der Waals surface area contributed by atoms with E-state index in [4.69, 9.17) is 14.2 Å². The molecule has 2 amide bonds. The van der Waals surface area contributed by atoms with Crippen LogP contribution in [0.25, 0.3) is 5.82 Å².